The van der Waals surface area contributed by atoms with Crippen molar-refractivity contribution in [1.29, 1.82) is 0 Å². The second-order valence-corrected chi connectivity index (χ2v) is 5.72. The fraction of sp³-hybridized carbons (Fsp3) is 0. The molecule has 0 aliphatic heterocycles. The standard InChI is InChI=1S/C16H12BrN5O2/c17-12-3-5-13(6-4-12)21-9-1-2-14(21)11-19-20-16-8-7-15(10-18-16)22(23)24/h1-11H,(H,18,20). The van der Waals surface area contributed by atoms with E-state index >= 15 is 0 Å². The number of nitrogens with one attached hydrogen (secondary N) is 1. The molecule has 2 aromatic heterocycles. The van der Waals surface area contributed by atoms with E-state index in [1.165, 1.54) is 18.3 Å². The molecule has 2 heterocycles. The van der Waals surface area contributed by atoms with Crippen molar-refractivity contribution < 1.29 is 4.92 Å². The molecule has 0 saturated heterocycles. The fourth-order valence-corrected chi connectivity index (χ4v) is 2.33. The summed E-state index contributed by atoms with van der Waals surface area (Å²) in [7, 11) is 0. The van der Waals surface area contributed by atoms with E-state index in [9.17, 15) is 10.1 Å². The lowest BCUT2D eigenvalue weighted by molar-refractivity contribution is -0.385. The van der Waals surface area contributed by atoms with Crippen molar-refractivity contribution in [2.75, 3.05) is 5.43 Å². The van der Waals surface area contributed by atoms with Gasteiger partial charge >= 0.3 is 0 Å². The number of hydrazone groups is 1. The zero-order chi connectivity index (χ0) is 16.9. The Bertz CT molecular complexity index is 872. The van der Waals surface area contributed by atoms with E-state index in [1.807, 2.05) is 47.2 Å². The first kappa shape index (κ1) is 15.9. The molecule has 3 aromatic rings. The highest BCUT2D eigenvalue weighted by Gasteiger charge is 2.04. The normalized spacial score (nSPS) is 10.9. The largest absolute Gasteiger partial charge is 0.316 e. The third kappa shape index (κ3) is 3.66. The molecular weight excluding hydrogens is 374 g/mol. The van der Waals surface area contributed by atoms with Crippen LogP contribution in [-0.2, 0) is 0 Å². The molecule has 0 amide bonds. The van der Waals surface area contributed by atoms with Gasteiger partial charge in [-0.05, 0) is 42.5 Å². The number of anilines is 1. The van der Waals surface area contributed by atoms with Crippen LogP contribution in [0.4, 0.5) is 11.5 Å². The van der Waals surface area contributed by atoms with Gasteiger partial charge in [0.15, 0.2) is 0 Å². The third-order valence-electron chi connectivity index (χ3n) is 3.22. The molecule has 0 bridgehead atoms. The van der Waals surface area contributed by atoms with E-state index in [0.717, 1.165) is 15.9 Å². The lowest BCUT2D eigenvalue weighted by Gasteiger charge is -2.06. The molecule has 24 heavy (non-hydrogen) atoms. The van der Waals surface area contributed by atoms with Crippen molar-refractivity contribution >= 4 is 33.6 Å². The molecule has 7 nitrogen and oxygen atoms in total. The summed E-state index contributed by atoms with van der Waals surface area (Å²) in [5.74, 6) is 0.429. The molecule has 0 radical (unpaired) electrons. The summed E-state index contributed by atoms with van der Waals surface area (Å²) >= 11 is 3.41. The molecule has 120 valence electrons. The van der Waals surface area contributed by atoms with Gasteiger partial charge in [-0.15, -0.1) is 0 Å². The van der Waals surface area contributed by atoms with Crippen LogP contribution in [0.2, 0.25) is 0 Å². The second-order valence-electron chi connectivity index (χ2n) is 4.81. The first-order chi connectivity index (χ1) is 11.6. The Morgan fingerprint density at radius 1 is 1.21 bits per heavy atom. The molecule has 0 aliphatic rings. The van der Waals surface area contributed by atoms with Crippen LogP contribution in [0.1, 0.15) is 5.69 Å². The maximum absolute atomic E-state index is 10.6. The highest BCUT2D eigenvalue weighted by Crippen LogP contribution is 2.16. The number of aromatic nitrogens is 2. The Hall–Kier alpha value is -3.00. The Morgan fingerprint density at radius 3 is 2.67 bits per heavy atom. The van der Waals surface area contributed by atoms with Crippen LogP contribution in [0.5, 0.6) is 0 Å². The molecule has 8 heteroatoms. The molecule has 0 aliphatic carbocycles. The van der Waals surface area contributed by atoms with Crippen LogP contribution in [0.3, 0.4) is 0 Å². The summed E-state index contributed by atoms with van der Waals surface area (Å²) < 4.78 is 3.00. The Balaban J connectivity index is 1.72. The van der Waals surface area contributed by atoms with Crippen molar-refractivity contribution in [3.8, 4) is 5.69 Å². The lowest BCUT2D eigenvalue weighted by atomic mass is 10.3. The SMILES string of the molecule is O=[N+]([O-])c1ccc(NN=Cc2cccn2-c2ccc(Br)cc2)nc1. The quantitative estimate of drug-likeness (QED) is 0.408. The molecule has 0 spiro atoms. The van der Waals surface area contributed by atoms with E-state index in [0.29, 0.717) is 5.82 Å². The minimum Gasteiger partial charge on any atom is -0.316 e. The molecule has 3 rings (SSSR count). The number of nitro groups is 1. The van der Waals surface area contributed by atoms with E-state index in [-0.39, 0.29) is 5.69 Å². The number of pyridine rings is 1. The Labute approximate surface area is 145 Å². The number of hydrogen-bond acceptors (Lipinski definition) is 5. The van der Waals surface area contributed by atoms with E-state index in [4.69, 9.17) is 0 Å². The predicted molar refractivity (Wildman–Crippen MR) is 95.6 cm³/mol. The van der Waals surface area contributed by atoms with Crippen molar-refractivity contribution in [1.82, 2.24) is 9.55 Å². The summed E-state index contributed by atoms with van der Waals surface area (Å²) in [6.07, 6.45) is 4.78. The summed E-state index contributed by atoms with van der Waals surface area (Å²) in [4.78, 5) is 14.0. The fourth-order valence-electron chi connectivity index (χ4n) is 2.06. The molecule has 1 aromatic carbocycles. The topological polar surface area (TPSA) is 85.4 Å². The van der Waals surface area contributed by atoms with Crippen LogP contribution < -0.4 is 5.43 Å². The van der Waals surface area contributed by atoms with Gasteiger partial charge in [-0.1, -0.05) is 15.9 Å². The average molecular weight is 386 g/mol. The highest BCUT2D eigenvalue weighted by molar-refractivity contribution is 9.10. The Morgan fingerprint density at radius 2 is 2.00 bits per heavy atom. The average Bonchev–Trinajstić information content (AvgIpc) is 3.04. The zero-order valence-corrected chi connectivity index (χ0v) is 13.9. The van der Waals surface area contributed by atoms with Crippen LogP contribution in [0.15, 0.2) is 70.5 Å². The third-order valence-corrected chi connectivity index (χ3v) is 3.75. The number of hydrogen-bond donors (Lipinski definition) is 1. The van der Waals surface area contributed by atoms with Gasteiger partial charge in [0.2, 0.25) is 0 Å². The molecule has 0 fully saturated rings. The Kier molecular flexibility index (Phi) is 4.66. The van der Waals surface area contributed by atoms with Gasteiger partial charge in [-0.3, -0.25) is 15.5 Å². The van der Waals surface area contributed by atoms with Crippen molar-refractivity contribution in [2.45, 2.75) is 0 Å². The molecule has 0 saturated carbocycles. The molecular formula is C16H12BrN5O2. The highest BCUT2D eigenvalue weighted by atomic mass is 79.9. The minimum absolute atomic E-state index is 0.0614. The van der Waals surface area contributed by atoms with E-state index < -0.39 is 4.92 Å². The summed E-state index contributed by atoms with van der Waals surface area (Å²) in [6.45, 7) is 0. The second kappa shape index (κ2) is 7.05. The molecule has 0 atom stereocenters. The monoisotopic (exact) mass is 385 g/mol. The van der Waals surface area contributed by atoms with E-state index in [1.54, 1.807) is 6.21 Å². The zero-order valence-electron chi connectivity index (χ0n) is 12.3. The summed E-state index contributed by atoms with van der Waals surface area (Å²) in [5.41, 5.74) is 4.58. The molecule has 1 N–H and O–H groups in total. The predicted octanol–water partition coefficient (Wildman–Crippen LogP) is 3.99. The number of benzene rings is 1. The number of rotatable bonds is 5. The van der Waals surface area contributed by atoms with Crippen LogP contribution >= 0.6 is 15.9 Å². The van der Waals surface area contributed by atoms with E-state index in [2.05, 4.69) is 31.4 Å². The maximum Gasteiger partial charge on any atom is 0.287 e. The van der Waals surface area contributed by atoms with Gasteiger partial charge in [-0.2, -0.15) is 5.10 Å². The summed E-state index contributed by atoms with van der Waals surface area (Å²) in [6, 6.07) is 14.6. The van der Waals surface area contributed by atoms with Gasteiger partial charge in [0.25, 0.3) is 5.69 Å². The first-order valence-electron chi connectivity index (χ1n) is 6.96. The molecule has 0 unspecified atom stereocenters. The van der Waals surface area contributed by atoms with Gasteiger partial charge in [0.1, 0.15) is 12.0 Å². The van der Waals surface area contributed by atoms with Crippen LogP contribution in [-0.4, -0.2) is 20.7 Å². The van der Waals surface area contributed by atoms with Crippen molar-refractivity contribution in [3.63, 3.8) is 0 Å². The number of nitrogens with zero attached hydrogens (tertiary/aromatic N) is 4. The smallest absolute Gasteiger partial charge is 0.287 e. The van der Waals surface area contributed by atoms with Gasteiger partial charge < -0.3 is 4.57 Å². The minimum atomic E-state index is -0.495. The van der Waals surface area contributed by atoms with Crippen molar-refractivity contribution in [3.05, 3.63) is 81.2 Å². The van der Waals surface area contributed by atoms with Crippen LogP contribution in [0, 0.1) is 10.1 Å². The van der Waals surface area contributed by atoms with Gasteiger partial charge in [0, 0.05) is 22.4 Å². The number of halogens is 1. The first-order valence-corrected chi connectivity index (χ1v) is 7.75. The van der Waals surface area contributed by atoms with Crippen LogP contribution in [0.25, 0.3) is 5.69 Å². The van der Waals surface area contributed by atoms with Crippen molar-refractivity contribution in [2.24, 2.45) is 5.10 Å². The van der Waals surface area contributed by atoms with Gasteiger partial charge in [0.05, 0.1) is 16.8 Å². The lowest BCUT2D eigenvalue weighted by Crippen LogP contribution is -2.00. The summed E-state index contributed by atoms with van der Waals surface area (Å²) in [5, 5.41) is 14.7. The van der Waals surface area contributed by atoms with Gasteiger partial charge in [-0.25, -0.2) is 4.98 Å². The maximum atomic E-state index is 10.6.